The number of nitrogens with one attached hydrogen (secondary N) is 2. The van der Waals surface area contributed by atoms with E-state index in [0.717, 1.165) is 17.1 Å². The van der Waals surface area contributed by atoms with Gasteiger partial charge in [0.15, 0.2) is 0 Å². The van der Waals surface area contributed by atoms with Crippen molar-refractivity contribution in [2.45, 2.75) is 32.6 Å². The zero-order valence-electron chi connectivity index (χ0n) is 14.3. The second-order valence-electron chi connectivity index (χ2n) is 6.18. The van der Waals surface area contributed by atoms with Gasteiger partial charge >= 0.3 is 0 Å². The van der Waals surface area contributed by atoms with Crippen LogP contribution < -0.4 is 10.6 Å². The van der Waals surface area contributed by atoms with Gasteiger partial charge in [0.1, 0.15) is 0 Å². The Morgan fingerprint density at radius 1 is 1.00 bits per heavy atom. The fourth-order valence-electron chi connectivity index (χ4n) is 2.39. The Morgan fingerprint density at radius 3 is 2.29 bits per heavy atom. The van der Waals surface area contributed by atoms with E-state index in [1.165, 1.54) is 11.1 Å². The molecule has 0 atom stereocenters. The number of benzene rings is 2. The normalized spacial score (nSPS) is 10.7. The van der Waals surface area contributed by atoms with Gasteiger partial charge in [-0.05, 0) is 47.7 Å². The lowest BCUT2D eigenvalue weighted by atomic mass is 10.0. The zero-order chi connectivity index (χ0) is 17.4. The maximum absolute atomic E-state index is 11.8. The van der Waals surface area contributed by atoms with Gasteiger partial charge < -0.3 is 10.6 Å². The van der Waals surface area contributed by atoms with Crippen molar-refractivity contribution in [2.24, 2.45) is 0 Å². The third kappa shape index (κ3) is 6.25. The number of rotatable bonds is 8. The molecule has 4 heteroatoms. The number of halogens is 1. The van der Waals surface area contributed by atoms with Crippen LogP contribution >= 0.6 is 11.6 Å². The third-order valence-corrected chi connectivity index (χ3v) is 4.16. The van der Waals surface area contributed by atoms with Crippen LogP contribution in [0.1, 0.15) is 37.3 Å². The highest BCUT2D eigenvalue weighted by Crippen LogP contribution is 2.17. The Labute approximate surface area is 149 Å². The van der Waals surface area contributed by atoms with Gasteiger partial charge in [-0.15, -0.1) is 0 Å². The highest BCUT2D eigenvalue weighted by atomic mass is 35.5. The predicted molar refractivity (Wildman–Crippen MR) is 102 cm³/mol. The van der Waals surface area contributed by atoms with Crippen LogP contribution in [0.5, 0.6) is 0 Å². The second kappa shape index (κ2) is 9.33. The van der Waals surface area contributed by atoms with Gasteiger partial charge in [0.25, 0.3) is 0 Å². The Balaban J connectivity index is 1.63. The van der Waals surface area contributed by atoms with Gasteiger partial charge in [0.05, 0.1) is 0 Å². The van der Waals surface area contributed by atoms with Crippen molar-refractivity contribution in [3.8, 4) is 0 Å². The molecular weight excluding hydrogens is 320 g/mol. The van der Waals surface area contributed by atoms with Gasteiger partial charge in [0, 0.05) is 30.2 Å². The van der Waals surface area contributed by atoms with E-state index in [1.54, 1.807) is 0 Å². The van der Waals surface area contributed by atoms with Crippen LogP contribution in [0.2, 0.25) is 5.02 Å². The third-order valence-electron chi connectivity index (χ3n) is 3.91. The van der Waals surface area contributed by atoms with E-state index in [-0.39, 0.29) is 5.91 Å². The van der Waals surface area contributed by atoms with Gasteiger partial charge in [-0.2, -0.15) is 0 Å². The molecule has 128 valence electrons. The molecular formula is C20H25ClN2O. The summed E-state index contributed by atoms with van der Waals surface area (Å²) in [5, 5.41) is 6.96. The van der Waals surface area contributed by atoms with Crippen LogP contribution in [0.4, 0.5) is 5.69 Å². The van der Waals surface area contributed by atoms with E-state index >= 15 is 0 Å². The molecule has 0 aliphatic carbocycles. The fourth-order valence-corrected chi connectivity index (χ4v) is 2.52. The average molecular weight is 345 g/mol. The standard InChI is InChI=1S/C20H25ClN2O/c1-15(2)17-5-9-19(10-6-17)22-14-12-20(24)23-13-11-16-3-7-18(21)8-4-16/h3-10,15,22H,11-14H2,1-2H3,(H,23,24). The van der Waals surface area contributed by atoms with Crippen molar-refractivity contribution in [3.05, 3.63) is 64.7 Å². The lowest BCUT2D eigenvalue weighted by Gasteiger charge is -2.09. The predicted octanol–water partition coefficient (Wildman–Crippen LogP) is 4.62. The first-order chi connectivity index (χ1) is 11.5. The molecule has 0 spiro atoms. The van der Waals surface area contributed by atoms with Crippen LogP contribution in [-0.4, -0.2) is 19.0 Å². The first-order valence-corrected chi connectivity index (χ1v) is 8.77. The largest absolute Gasteiger partial charge is 0.385 e. The molecule has 2 rings (SSSR count). The summed E-state index contributed by atoms with van der Waals surface area (Å²) in [5.74, 6) is 0.598. The number of amides is 1. The van der Waals surface area contributed by atoms with Crippen molar-refractivity contribution < 1.29 is 4.79 Å². The molecule has 0 heterocycles. The molecule has 0 aliphatic rings. The van der Waals surface area contributed by atoms with Crippen LogP contribution in [0.25, 0.3) is 0 Å². The number of anilines is 1. The molecule has 0 fully saturated rings. The van der Waals surface area contributed by atoms with E-state index in [4.69, 9.17) is 11.6 Å². The Hall–Kier alpha value is -2.00. The summed E-state index contributed by atoms with van der Waals surface area (Å²) < 4.78 is 0. The van der Waals surface area contributed by atoms with E-state index < -0.39 is 0 Å². The number of carbonyl (C=O) groups excluding carboxylic acids is 1. The zero-order valence-corrected chi connectivity index (χ0v) is 15.1. The van der Waals surface area contributed by atoms with Crippen molar-refractivity contribution in [1.29, 1.82) is 0 Å². The molecule has 24 heavy (non-hydrogen) atoms. The fraction of sp³-hybridized carbons (Fsp3) is 0.350. The maximum atomic E-state index is 11.8. The number of hydrogen-bond donors (Lipinski definition) is 2. The summed E-state index contributed by atoms with van der Waals surface area (Å²) in [7, 11) is 0. The van der Waals surface area contributed by atoms with Crippen molar-refractivity contribution in [2.75, 3.05) is 18.4 Å². The van der Waals surface area contributed by atoms with Crippen LogP contribution in [0.15, 0.2) is 48.5 Å². The van der Waals surface area contributed by atoms with Gasteiger partial charge in [-0.1, -0.05) is 49.7 Å². The van der Waals surface area contributed by atoms with Crippen molar-refractivity contribution in [3.63, 3.8) is 0 Å². The minimum absolute atomic E-state index is 0.0651. The van der Waals surface area contributed by atoms with Crippen LogP contribution in [0.3, 0.4) is 0 Å². The summed E-state index contributed by atoms with van der Waals surface area (Å²) in [6, 6.07) is 16.1. The summed E-state index contributed by atoms with van der Waals surface area (Å²) >= 11 is 5.85. The van der Waals surface area contributed by atoms with Gasteiger partial charge in [-0.25, -0.2) is 0 Å². The Kier molecular flexibility index (Phi) is 7.13. The van der Waals surface area contributed by atoms with Crippen LogP contribution in [0, 0.1) is 0 Å². The summed E-state index contributed by atoms with van der Waals surface area (Å²) in [6.07, 6.45) is 1.28. The monoisotopic (exact) mass is 344 g/mol. The molecule has 0 bridgehead atoms. The highest BCUT2D eigenvalue weighted by molar-refractivity contribution is 6.30. The second-order valence-corrected chi connectivity index (χ2v) is 6.62. The van der Waals surface area contributed by atoms with Crippen molar-refractivity contribution >= 4 is 23.2 Å². The molecule has 2 aromatic rings. The molecule has 0 aliphatic heterocycles. The first-order valence-electron chi connectivity index (χ1n) is 8.39. The molecule has 0 aromatic heterocycles. The Bertz CT molecular complexity index is 636. The van der Waals surface area contributed by atoms with Gasteiger partial charge in [-0.3, -0.25) is 4.79 Å². The summed E-state index contributed by atoms with van der Waals surface area (Å²) in [5.41, 5.74) is 3.54. The lowest BCUT2D eigenvalue weighted by molar-refractivity contribution is -0.120. The molecule has 1 amide bonds. The number of hydrogen-bond acceptors (Lipinski definition) is 2. The minimum atomic E-state index is 0.0651. The molecule has 2 N–H and O–H groups in total. The maximum Gasteiger partial charge on any atom is 0.221 e. The molecule has 0 radical (unpaired) electrons. The SMILES string of the molecule is CC(C)c1ccc(NCCC(=O)NCCc2ccc(Cl)cc2)cc1. The first kappa shape index (κ1) is 18.3. The molecule has 2 aromatic carbocycles. The highest BCUT2D eigenvalue weighted by Gasteiger charge is 2.02. The number of carbonyl (C=O) groups is 1. The van der Waals surface area contributed by atoms with Gasteiger partial charge in [0.2, 0.25) is 5.91 Å². The molecule has 0 saturated carbocycles. The Morgan fingerprint density at radius 2 is 1.67 bits per heavy atom. The van der Waals surface area contributed by atoms with E-state index in [2.05, 4.69) is 48.7 Å². The molecule has 3 nitrogen and oxygen atoms in total. The average Bonchev–Trinajstić information content (AvgIpc) is 2.57. The summed E-state index contributed by atoms with van der Waals surface area (Å²) in [6.45, 7) is 5.63. The quantitative estimate of drug-likeness (QED) is 0.733. The van der Waals surface area contributed by atoms with Crippen molar-refractivity contribution in [1.82, 2.24) is 5.32 Å². The molecule has 0 saturated heterocycles. The van der Waals surface area contributed by atoms with Crippen LogP contribution in [-0.2, 0) is 11.2 Å². The minimum Gasteiger partial charge on any atom is -0.385 e. The smallest absolute Gasteiger partial charge is 0.221 e. The van der Waals surface area contributed by atoms with E-state index in [9.17, 15) is 4.79 Å². The summed E-state index contributed by atoms with van der Waals surface area (Å²) in [4.78, 5) is 11.8. The topological polar surface area (TPSA) is 41.1 Å². The lowest BCUT2D eigenvalue weighted by Crippen LogP contribution is -2.27. The van der Waals surface area contributed by atoms with E-state index in [1.807, 2.05) is 24.3 Å². The molecule has 0 unspecified atom stereocenters. The van der Waals surface area contributed by atoms with E-state index in [0.29, 0.717) is 25.4 Å².